The van der Waals surface area contributed by atoms with Crippen LogP contribution in [0.3, 0.4) is 0 Å². The first-order valence-corrected chi connectivity index (χ1v) is 7.90. The average Bonchev–Trinajstić information content (AvgIpc) is 2.45. The molecule has 1 unspecified atom stereocenters. The van der Waals surface area contributed by atoms with Gasteiger partial charge in [0.05, 0.1) is 22.7 Å². The highest BCUT2D eigenvalue weighted by Crippen LogP contribution is 2.33. The predicted octanol–water partition coefficient (Wildman–Crippen LogP) is 1.12. The number of hydrogen-bond donors (Lipinski definition) is 1. The molecule has 0 spiro atoms. The van der Waals surface area contributed by atoms with Crippen LogP contribution in [0.5, 0.6) is 0 Å². The molecule has 0 saturated carbocycles. The van der Waals surface area contributed by atoms with E-state index in [9.17, 15) is 8.42 Å². The van der Waals surface area contributed by atoms with E-state index in [1.54, 1.807) is 0 Å². The van der Waals surface area contributed by atoms with Gasteiger partial charge in [0, 0.05) is 4.88 Å². The number of nitrogens with two attached hydrogens (primary N) is 1. The van der Waals surface area contributed by atoms with E-state index in [1.165, 1.54) is 11.3 Å². The largest absolute Gasteiger partial charge is 0.319 e. The van der Waals surface area contributed by atoms with E-state index in [0.717, 1.165) is 15.6 Å². The molecule has 0 aliphatic carbocycles. The third-order valence-corrected chi connectivity index (χ3v) is 6.17. The van der Waals surface area contributed by atoms with Gasteiger partial charge >= 0.3 is 0 Å². The zero-order valence-electron chi connectivity index (χ0n) is 9.49. The Balaban J connectivity index is 2.38. The molecular weight excluding hydrogens is 244 g/mol. The van der Waals surface area contributed by atoms with Gasteiger partial charge in [0.25, 0.3) is 0 Å². The first kappa shape index (κ1) is 12.0. The number of nitrogens with zero attached hydrogens (tertiary/aromatic N) is 1. The van der Waals surface area contributed by atoms with Crippen LogP contribution >= 0.6 is 11.3 Å². The second-order valence-electron chi connectivity index (χ2n) is 4.51. The third kappa shape index (κ3) is 2.14. The molecule has 2 heterocycles. The Morgan fingerprint density at radius 3 is 2.62 bits per heavy atom. The van der Waals surface area contributed by atoms with Crippen molar-refractivity contribution in [2.75, 3.05) is 11.5 Å². The standard InChI is InChI=1S/C10H16N2O2S2/c1-7-8(2)15-9(12-7)10(11)4-3-5-16(13,14)6-10/h3-6,11H2,1-2H3. The molecule has 1 saturated heterocycles. The van der Waals surface area contributed by atoms with Crippen LogP contribution in [0.25, 0.3) is 0 Å². The van der Waals surface area contributed by atoms with Crippen molar-refractivity contribution >= 4 is 21.2 Å². The summed E-state index contributed by atoms with van der Waals surface area (Å²) in [5.74, 6) is 0.293. The number of aryl methyl sites for hydroxylation is 2. The predicted molar refractivity (Wildman–Crippen MR) is 65.3 cm³/mol. The van der Waals surface area contributed by atoms with Gasteiger partial charge in [-0.1, -0.05) is 0 Å². The zero-order chi connectivity index (χ0) is 12.0. The maximum Gasteiger partial charge on any atom is 0.152 e. The van der Waals surface area contributed by atoms with E-state index in [-0.39, 0.29) is 11.5 Å². The summed E-state index contributed by atoms with van der Waals surface area (Å²) < 4.78 is 23.3. The minimum absolute atomic E-state index is 0.0341. The summed E-state index contributed by atoms with van der Waals surface area (Å²) >= 11 is 1.52. The van der Waals surface area contributed by atoms with Crippen molar-refractivity contribution < 1.29 is 8.42 Å². The highest BCUT2D eigenvalue weighted by Gasteiger charge is 2.39. The van der Waals surface area contributed by atoms with Crippen molar-refractivity contribution in [1.29, 1.82) is 0 Å². The van der Waals surface area contributed by atoms with Gasteiger partial charge < -0.3 is 5.73 Å². The number of sulfone groups is 1. The Kier molecular flexibility index (Phi) is 2.84. The van der Waals surface area contributed by atoms with Gasteiger partial charge in [-0.05, 0) is 26.7 Å². The fraction of sp³-hybridized carbons (Fsp3) is 0.700. The highest BCUT2D eigenvalue weighted by molar-refractivity contribution is 7.91. The van der Waals surface area contributed by atoms with Crippen molar-refractivity contribution in [3.63, 3.8) is 0 Å². The fourth-order valence-electron chi connectivity index (χ4n) is 2.00. The number of aromatic nitrogens is 1. The summed E-state index contributed by atoms with van der Waals surface area (Å²) in [6.45, 7) is 3.91. The van der Waals surface area contributed by atoms with Crippen LogP contribution in [0.15, 0.2) is 0 Å². The summed E-state index contributed by atoms with van der Waals surface area (Å²) in [5, 5.41) is 0.769. The quantitative estimate of drug-likeness (QED) is 0.821. The molecule has 1 fully saturated rings. The van der Waals surface area contributed by atoms with Crippen molar-refractivity contribution in [2.24, 2.45) is 5.73 Å². The Bertz CT molecular complexity index is 487. The van der Waals surface area contributed by atoms with E-state index in [1.807, 2.05) is 13.8 Å². The zero-order valence-corrected chi connectivity index (χ0v) is 11.1. The minimum atomic E-state index is -3.00. The molecule has 1 aliphatic heterocycles. The lowest BCUT2D eigenvalue weighted by molar-refractivity contribution is 0.421. The van der Waals surface area contributed by atoms with Crippen LogP contribution in [-0.4, -0.2) is 24.9 Å². The van der Waals surface area contributed by atoms with E-state index in [0.29, 0.717) is 12.8 Å². The number of hydrogen-bond acceptors (Lipinski definition) is 5. The van der Waals surface area contributed by atoms with Gasteiger partial charge in [-0.15, -0.1) is 11.3 Å². The Morgan fingerprint density at radius 1 is 1.44 bits per heavy atom. The monoisotopic (exact) mass is 260 g/mol. The van der Waals surface area contributed by atoms with Crippen LogP contribution in [0.2, 0.25) is 0 Å². The van der Waals surface area contributed by atoms with Gasteiger partial charge in [-0.3, -0.25) is 0 Å². The van der Waals surface area contributed by atoms with Crippen LogP contribution in [0.1, 0.15) is 28.4 Å². The fourth-order valence-corrected chi connectivity index (χ4v) is 4.93. The Morgan fingerprint density at radius 2 is 2.12 bits per heavy atom. The lowest BCUT2D eigenvalue weighted by Gasteiger charge is -2.30. The average molecular weight is 260 g/mol. The van der Waals surface area contributed by atoms with Gasteiger partial charge in [-0.2, -0.15) is 0 Å². The van der Waals surface area contributed by atoms with Crippen LogP contribution < -0.4 is 5.73 Å². The summed E-state index contributed by atoms with van der Waals surface area (Å²) in [5.41, 5.74) is 6.40. The molecule has 1 aliphatic rings. The third-order valence-electron chi connectivity index (χ3n) is 3.01. The normalized spacial score (nSPS) is 29.2. The molecule has 1 aromatic heterocycles. The molecule has 1 atom stereocenters. The van der Waals surface area contributed by atoms with Crippen molar-refractivity contribution in [2.45, 2.75) is 32.2 Å². The summed E-state index contributed by atoms with van der Waals surface area (Å²) in [6, 6.07) is 0. The van der Waals surface area contributed by atoms with E-state index >= 15 is 0 Å². The van der Waals surface area contributed by atoms with Crippen LogP contribution in [0.4, 0.5) is 0 Å². The van der Waals surface area contributed by atoms with E-state index < -0.39 is 15.4 Å². The first-order chi connectivity index (χ1) is 7.32. The molecule has 16 heavy (non-hydrogen) atoms. The van der Waals surface area contributed by atoms with Crippen molar-refractivity contribution in [3.05, 3.63) is 15.6 Å². The van der Waals surface area contributed by atoms with Crippen LogP contribution in [-0.2, 0) is 15.4 Å². The van der Waals surface area contributed by atoms with Gasteiger partial charge in [0.2, 0.25) is 0 Å². The second-order valence-corrected chi connectivity index (χ2v) is 7.90. The molecule has 90 valence electrons. The molecule has 0 aromatic carbocycles. The lowest BCUT2D eigenvalue weighted by Crippen LogP contribution is -2.47. The van der Waals surface area contributed by atoms with Gasteiger partial charge in [0.15, 0.2) is 9.84 Å². The van der Waals surface area contributed by atoms with Crippen molar-refractivity contribution in [3.8, 4) is 0 Å². The topological polar surface area (TPSA) is 73.0 Å². The maximum absolute atomic E-state index is 11.6. The van der Waals surface area contributed by atoms with Gasteiger partial charge in [-0.25, -0.2) is 13.4 Å². The van der Waals surface area contributed by atoms with Gasteiger partial charge in [0.1, 0.15) is 5.01 Å². The second kappa shape index (κ2) is 3.78. The molecule has 4 nitrogen and oxygen atoms in total. The molecule has 1 aromatic rings. The first-order valence-electron chi connectivity index (χ1n) is 5.26. The molecule has 0 bridgehead atoms. The molecular formula is C10H16N2O2S2. The molecule has 6 heteroatoms. The lowest BCUT2D eigenvalue weighted by atomic mass is 9.98. The number of thiazole rings is 1. The summed E-state index contributed by atoms with van der Waals surface area (Å²) in [7, 11) is -3.00. The maximum atomic E-state index is 11.6. The smallest absolute Gasteiger partial charge is 0.152 e. The molecule has 0 radical (unpaired) electrons. The minimum Gasteiger partial charge on any atom is -0.319 e. The van der Waals surface area contributed by atoms with E-state index in [4.69, 9.17) is 5.73 Å². The molecule has 2 N–H and O–H groups in total. The Hall–Kier alpha value is -0.460. The van der Waals surface area contributed by atoms with E-state index in [2.05, 4.69) is 4.98 Å². The SMILES string of the molecule is Cc1nc(C2(N)CCCS(=O)(=O)C2)sc1C. The Labute approximate surface area is 99.8 Å². The molecule has 2 rings (SSSR count). The summed E-state index contributed by atoms with van der Waals surface area (Å²) in [4.78, 5) is 5.51. The molecule has 0 amide bonds. The van der Waals surface area contributed by atoms with Crippen molar-refractivity contribution in [1.82, 2.24) is 4.98 Å². The summed E-state index contributed by atoms with van der Waals surface area (Å²) in [6.07, 6.45) is 1.34. The number of rotatable bonds is 1. The highest BCUT2D eigenvalue weighted by atomic mass is 32.2. The van der Waals surface area contributed by atoms with Crippen LogP contribution in [0, 0.1) is 13.8 Å².